The summed E-state index contributed by atoms with van der Waals surface area (Å²) < 4.78 is 35.8. The minimum atomic E-state index is -4.20. The number of hydrogen-bond donors (Lipinski definition) is 2. The second-order valence-corrected chi connectivity index (χ2v) is 4.19. The maximum Gasteiger partial charge on any atom is 0.389 e. The number of amides is 1. The molecule has 2 N–H and O–H groups in total. The third kappa shape index (κ3) is 6.35. The highest BCUT2D eigenvalue weighted by atomic mass is 19.4. The lowest BCUT2D eigenvalue weighted by Gasteiger charge is -2.08. The monoisotopic (exact) mass is 290 g/mol. The van der Waals surface area contributed by atoms with Gasteiger partial charge >= 0.3 is 6.18 Å². The molecule has 1 amide bonds. The average molecular weight is 290 g/mol. The van der Waals surface area contributed by atoms with E-state index in [0.717, 1.165) is 6.42 Å². The highest BCUT2D eigenvalue weighted by Gasteiger charge is 2.26. The molecular weight excluding hydrogens is 273 g/mol. The molecule has 1 rings (SSSR count). The predicted octanol–water partition coefficient (Wildman–Crippen LogP) is 2.37. The Kier molecular flexibility index (Phi) is 6.20. The lowest BCUT2D eigenvalue weighted by atomic mass is 10.3. The SMILES string of the molecule is CCCNc1cncc(C(=O)NCCCC(F)(F)F)n1. The van der Waals surface area contributed by atoms with Gasteiger partial charge in [0, 0.05) is 19.5 Å². The van der Waals surface area contributed by atoms with Gasteiger partial charge in [-0.1, -0.05) is 6.92 Å². The average Bonchev–Trinajstić information content (AvgIpc) is 2.40. The molecule has 0 fully saturated rings. The fourth-order valence-corrected chi connectivity index (χ4v) is 1.39. The van der Waals surface area contributed by atoms with E-state index in [-0.39, 0.29) is 18.7 Å². The molecule has 0 atom stereocenters. The third-order valence-corrected chi connectivity index (χ3v) is 2.35. The van der Waals surface area contributed by atoms with Crippen LogP contribution in [0.1, 0.15) is 36.7 Å². The van der Waals surface area contributed by atoms with Crippen LogP contribution in [0.2, 0.25) is 0 Å². The van der Waals surface area contributed by atoms with Gasteiger partial charge in [0.25, 0.3) is 5.91 Å². The standard InChI is InChI=1S/C12H17F3N4O/c1-2-5-17-10-8-16-7-9(19-10)11(20)18-6-3-4-12(13,14)15/h7-8H,2-6H2,1H3,(H,17,19)(H,18,20). The predicted molar refractivity (Wildman–Crippen MR) is 68.4 cm³/mol. The second-order valence-electron chi connectivity index (χ2n) is 4.19. The first-order chi connectivity index (χ1) is 9.42. The first-order valence-electron chi connectivity index (χ1n) is 6.33. The number of aromatic nitrogens is 2. The van der Waals surface area contributed by atoms with Crippen molar-refractivity contribution in [1.82, 2.24) is 15.3 Å². The molecule has 0 aliphatic heterocycles. The number of halogens is 3. The van der Waals surface area contributed by atoms with E-state index in [1.165, 1.54) is 12.4 Å². The van der Waals surface area contributed by atoms with E-state index in [0.29, 0.717) is 12.4 Å². The van der Waals surface area contributed by atoms with E-state index in [2.05, 4.69) is 20.6 Å². The van der Waals surface area contributed by atoms with Crippen LogP contribution < -0.4 is 10.6 Å². The summed E-state index contributed by atoms with van der Waals surface area (Å²) in [6, 6.07) is 0. The molecule has 0 aromatic carbocycles. The largest absolute Gasteiger partial charge is 0.389 e. The molecule has 1 heterocycles. The fourth-order valence-electron chi connectivity index (χ4n) is 1.39. The molecule has 0 aliphatic carbocycles. The summed E-state index contributed by atoms with van der Waals surface area (Å²) in [5.74, 6) is -0.0605. The van der Waals surface area contributed by atoms with E-state index in [4.69, 9.17) is 0 Å². The molecule has 1 aromatic rings. The van der Waals surface area contributed by atoms with Crippen LogP contribution in [-0.4, -0.2) is 35.1 Å². The molecule has 20 heavy (non-hydrogen) atoms. The molecule has 0 saturated carbocycles. The lowest BCUT2D eigenvalue weighted by Crippen LogP contribution is -2.26. The van der Waals surface area contributed by atoms with E-state index in [1.807, 2.05) is 6.92 Å². The summed E-state index contributed by atoms with van der Waals surface area (Å²) in [5, 5.41) is 5.36. The summed E-state index contributed by atoms with van der Waals surface area (Å²) in [6.45, 7) is 2.63. The van der Waals surface area contributed by atoms with Gasteiger partial charge in [-0.15, -0.1) is 0 Å². The number of nitrogens with zero attached hydrogens (tertiary/aromatic N) is 2. The van der Waals surface area contributed by atoms with Crippen LogP contribution in [0.4, 0.5) is 19.0 Å². The van der Waals surface area contributed by atoms with Crippen molar-refractivity contribution in [2.24, 2.45) is 0 Å². The van der Waals surface area contributed by atoms with Crippen LogP contribution in [0.15, 0.2) is 12.4 Å². The molecule has 0 unspecified atom stereocenters. The zero-order valence-corrected chi connectivity index (χ0v) is 11.1. The van der Waals surface area contributed by atoms with Crippen LogP contribution in [0.3, 0.4) is 0 Å². The molecule has 0 aliphatic rings. The molecule has 0 radical (unpaired) electrons. The number of hydrogen-bond acceptors (Lipinski definition) is 4. The Balaban J connectivity index is 2.43. The topological polar surface area (TPSA) is 66.9 Å². The zero-order chi connectivity index (χ0) is 15.0. The summed E-state index contributed by atoms with van der Waals surface area (Å²) in [7, 11) is 0. The molecular formula is C12H17F3N4O. The van der Waals surface area contributed by atoms with Crippen molar-refractivity contribution in [1.29, 1.82) is 0 Å². The summed E-state index contributed by atoms with van der Waals surface area (Å²) in [6.07, 6.45) is -1.62. The summed E-state index contributed by atoms with van der Waals surface area (Å²) in [5.41, 5.74) is 0.0816. The van der Waals surface area contributed by atoms with Gasteiger partial charge in [-0.05, 0) is 12.8 Å². The van der Waals surface area contributed by atoms with Crippen LogP contribution in [0, 0.1) is 0 Å². The first-order valence-corrected chi connectivity index (χ1v) is 6.33. The normalized spacial score (nSPS) is 11.2. The Bertz CT molecular complexity index is 437. The minimum absolute atomic E-state index is 0.0490. The molecule has 1 aromatic heterocycles. The zero-order valence-electron chi connectivity index (χ0n) is 11.1. The fraction of sp³-hybridized carbons (Fsp3) is 0.583. The number of carbonyl (C=O) groups is 1. The van der Waals surface area contributed by atoms with Gasteiger partial charge in [0.1, 0.15) is 11.5 Å². The highest BCUT2D eigenvalue weighted by molar-refractivity contribution is 5.92. The van der Waals surface area contributed by atoms with Gasteiger partial charge in [-0.2, -0.15) is 13.2 Å². The van der Waals surface area contributed by atoms with Crippen LogP contribution in [-0.2, 0) is 0 Å². The van der Waals surface area contributed by atoms with E-state index in [9.17, 15) is 18.0 Å². The van der Waals surface area contributed by atoms with Gasteiger partial charge in [-0.25, -0.2) is 4.98 Å². The number of carbonyl (C=O) groups excluding carboxylic acids is 1. The number of rotatable bonds is 7. The van der Waals surface area contributed by atoms with Crippen molar-refractivity contribution in [3.05, 3.63) is 18.1 Å². The van der Waals surface area contributed by atoms with E-state index >= 15 is 0 Å². The smallest absolute Gasteiger partial charge is 0.369 e. The Labute approximate surface area is 115 Å². The van der Waals surface area contributed by atoms with Crippen molar-refractivity contribution in [2.45, 2.75) is 32.4 Å². The Morgan fingerprint density at radius 2 is 2.05 bits per heavy atom. The Morgan fingerprint density at radius 1 is 1.30 bits per heavy atom. The Hall–Kier alpha value is -1.86. The molecule has 5 nitrogen and oxygen atoms in total. The number of alkyl halides is 3. The highest BCUT2D eigenvalue weighted by Crippen LogP contribution is 2.20. The van der Waals surface area contributed by atoms with Crippen molar-refractivity contribution in [3.63, 3.8) is 0 Å². The second kappa shape index (κ2) is 7.66. The molecule has 112 valence electrons. The number of anilines is 1. The van der Waals surface area contributed by atoms with E-state index in [1.54, 1.807) is 0 Å². The maximum atomic E-state index is 11.9. The van der Waals surface area contributed by atoms with E-state index < -0.39 is 18.5 Å². The van der Waals surface area contributed by atoms with Crippen LogP contribution in [0.25, 0.3) is 0 Å². The summed E-state index contributed by atoms with van der Waals surface area (Å²) >= 11 is 0. The van der Waals surface area contributed by atoms with Gasteiger partial charge in [0.05, 0.1) is 12.4 Å². The van der Waals surface area contributed by atoms with Crippen molar-refractivity contribution in [3.8, 4) is 0 Å². The van der Waals surface area contributed by atoms with Crippen molar-refractivity contribution >= 4 is 11.7 Å². The Morgan fingerprint density at radius 3 is 2.70 bits per heavy atom. The molecule has 8 heteroatoms. The third-order valence-electron chi connectivity index (χ3n) is 2.35. The van der Waals surface area contributed by atoms with Gasteiger partial charge < -0.3 is 10.6 Å². The minimum Gasteiger partial charge on any atom is -0.369 e. The first kappa shape index (κ1) is 16.2. The molecule has 0 saturated heterocycles. The van der Waals surface area contributed by atoms with Crippen LogP contribution in [0.5, 0.6) is 0 Å². The van der Waals surface area contributed by atoms with Crippen LogP contribution >= 0.6 is 0 Å². The quantitative estimate of drug-likeness (QED) is 0.757. The molecule has 0 bridgehead atoms. The van der Waals surface area contributed by atoms with Crippen molar-refractivity contribution in [2.75, 3.05) is 18.4 Å². The van der Waals surface area contributed by atoms with Crippen molar-refractivity contribution < 1.29 is 18.0 Å². The molecule has 0 spiro atoms. The van der Waals surface area contributed by atoms with Gasteiger partial charge in [0.15, 0.2) is 0 Å². The number of nitrogens with one attached hydrogen (secondary N) is 2. The maximum absolute atomic E-state index is 11.9. The lowest BCUT2D eigenvalue weighted by molar-refractivity contribution is -0.135. The van der Waals surface area contributed by atoms with Gasteiger partial charge in [0.2, 0.25) is 0 Å². The summed E-state index contributed by atoms with van der Waals surface area (Å²) in [4.78, 5) is 19.6. The van der Waals surface area contributed by atoms with Gasteiger partial charge in [-0.3, -0.25) is 9.78 Å².